The van der Waals surface area contributed by atoms with Crippen LogP contribution < -0.4 is 16.2 Å². The largest absolute Gasteiger partial charge is 0.416 e. The summed E-state index contributed by atoms with van der Waals surface area (Å²) in [6.45, 7) is 0. The number of nitrogens with zero attached hydrogens (tertiary/aromatic N) is 1. The lowest BCUT2D eigenvalue weighted by atomic mass is 10.1. The van der Waals surface area contributed by atoms with Gasteiger partial charge in [-0.2, -0.15) is 13.2 Å². The second kappa shape index (κ2) is 8.81. The number of hydrogen-bond acceptors (Lipinski definition) is 4. The highest BCUT2D eigenvalue weighted by molar-refractivity contribution is 6.11. The normalized spacial score (nSPS) is 11.6. The number of anilines is 3. The Kier molecular flexibility index (Phi) is 5.63. The molecule has 0 aliphatic heterocycles. The van der Waals surface area contributed by atoms with Crippen LogP contribution in [0, 0.1) is 5.82 Å². The minimum atomic E-state index is -4.71. The highest BCUT2D eigenvalue weighted by atomic mass is 19.4. The van der Waals surface area contributed by atoms with Crippen molar-refractivity contribution in [1.29, 1.82) is 0 Å². The zero-order valence-electron chi connectivity index (χ0n) is 18.3. The molecule has 0 unspecified atom stereocenters. The van der Waals surface area contributed by atoms with Crippen LogP contribution in [0.3, 0.4) is 0 Å². The zero-order valence-corrected chi connectivity index (χ0v) is 18.3. The van der Waals surface area contributed by atoms with Crippen LogP contribution in [0.1, 0.15) is 15.9 Å². The lowest BCUT2D eigenvalue weighted by molar-refractivity contribution is -0.137. The fourth-order valence-electron chi connectivity index (χ4n) is 3.87. The number of carbonyl (C=O) groups excluding carboxylic acids is 1. The Morgan fingerprint density at radius 3 is 2.28 bits per heavy atom. The first-order chi connectivity index (χ1) is 17.2. The van der Waals surface area contributed by atoms with Crippen LogP contribution in [0.2, 0.25) is 0 Å². The Bertz CT molecular complexity index is 1680. The highest BCUT2D eigenvalue weighted by Crippen LogP contribution is 2.31. The first kappa shape index (κ1) is 23.0. The van der Waals surface area contributed by atoms with Gasteiger partial charge >= 0.3 is 6.18 Å². The number of H-pyrrole nitrogens is 1. The number of carbonyl (C=O) groups is 1. The highest BCUT2D eigenvalue weighted by Gasteiger charge is 2.31. The fraction of sp³-hybridized carbons (Fsp3) is 0.0385. The van der Waals surface area contributed by atoms with Gasteiger partial charge in [0.25, 0.3) is 11.5 Å². The van der Waals surface area contributed by atoms with Gasteiger partial charge in [-0.1, -0.05) is 18.2 Å². The molecule has 10 heteroatoms. The number of alkyl halides is 3. The molecule has 6 nitrogen and oxygen atoms in total. The first-order valence-electron chi connectivity index (χ1n) is 10.7. The predicted molar refractivity (Wildman–Crippen MR) is 129 cm³/mol. The van der Waals surface area contributed by atoms with Crippen LogP contribution in [0.5, 0.6) is 0 Å². The topological polar surface area (TPSA) is 86.9 Å². The summed E-state index contributed by atoms with van der Waals surface area (Å²) < 4.78 is 52.3. The number of pyridine rings is 2. The molecule has 0 saturated heterocycles. The van der Waals surface area contributed by atoms with Crippen molar-refractivity contribution in [2.75, 3.05) is 10.6 Å². The molecule has 0 saturated carbocycles. The van der Waals surface area contributed by atoms with E-state index in [1.165, 1.54) is 0 Å². The van der Waals surface area contributed by atoms with Crippen LogP contribution in [0.15, 0.2) is 83.8 Å². The van der Waals surface area contributed by atoms with Crippen molar-refractivity contribution in [3.05, 3.63) is 106 Å². The summed E-state index contributed by atoms with van der Waals surface area (Å²) in [4.78, 5) is 31.8. The number of rotatable bonds is 4. The van der Waals surface area contributed by atoms with Gasteiger partial charge in [0, 0.05) is 33.7 Å². The molecule has 0 fully saturated rings. The van der Waals surface area contributed by atoms with Crippen molar-refractivity contribution in [2.24, 2.45) is 0 Å². The lowest BCUT2D eigenvalue weighted by Gasteiger charge is -2.12. The summed E-state index contributed by atoms with van der Waals surface area (Å²) in [7, 11) is 0. The molecule has 1 amide bonds. The van der Waals surface area contributed by atoms with E-state index in [0.29, 0.717) is 34.2 Å². The van der Waals surface area contributed by atoms with Gasteiger partial charge in [-0.25, -0.2) is 9.37 Å². The van der Waals surface area contributed by atoms with E-state index < -0.39 is 29.0 Å². The molecule has 180 valence electrons. The Morgan fingerprint density at radius 1 is 0.889 bits per heavy atom. The van der Waals surface area contributed by atoms with Crippen molar-refractivity contribution >= 4 is 44.8 Å². The molecule has 0 spiro atoms. The molecular weight excluding hydrogens is 476 g/mol. The van der Waals surface area contributed by atoms with Crippen molar-refractivity contribution in [2.45, 2.75) is 6.18 Å². The number of aromatic amines is 1. The molecule has 3 aromatic carbocycles. The second-order valence-electron chi connectivity index (χ2n) is 7.93. The SMILES string of the molecule is O=C(Nc1ccc(Nc2ccnc3[nH]c(=O)c4ccccc4c23)cc1)c1ccc(C(F)(F)F)cc1F. The van der Waals surface area contributed by atoms with Crippen LogP contribution in [0.25, 0.3) is 21.8 Å². The molecule has 0 radical (unpaired) electrons. The van der Waals surface area contributed by atoms with Gasteiger partial charge < -0.3 is 15.6 Å². The number of nitrogens with one attached hydrogen (secondary N) is 3. The number of hydrogen-bond donors (Lipinski definition) is 3. The summed E-state index contributed by atoms with van der Waals surface area (Å²) in [6.07, 6.45) is -3.15. The van der Waals surface area contributed by atoms with E-state index in [2.05, 4.69) is 20.6 Å². The summed E-state index contributed by atoms with van der Waals surface area (Å²) in [6, 6.07) is 17.1. The maximum Gasteiger partial charge on any atom is 0.416 e. The molecule has 2 aromatic heterocycles. The van der Waals surface area contributed by atoms with Crippen LogP contribution in [-0.4, -0.2) is 15.9 Å². The molecule has 3 N–H and O–H groups in total. The van der Waals surface area contributed by atoms with Crippen LogP contribution in [-0.2, 0) is 6.18 Å². The number of benzene rings is 3. The third-order valence-corrected chi connectivity index (χ3v) is 5.59. The van der Waals surface area contributed by atoms with E-state index in [1.54, 1.807) is 48.7 Å². The van der Waals surface area contributed by atoms with Crippen molar-refractivity contribution in [3.63, 3.8) is 0 Å². The molecule has 0 aliphatic rings. The summed E-state index contributed by atoms with van der Waals surface area (Å²) >= 11 is 0. The van der Waals surface area contributed by atoms with Crippen molar-refractivity contribution in [1.82, 2.24) is 9.97 Å². The maximum atomic E-state index is 14.1. The molecule has 0 bridgehead atoms. The van der Waals surface area contributed by atoms with Crippen LogP contribution >= 0.6 is 0 Å². The zero-order chi connectivity index (χ0) is 25.4. The van der Waals surface area contributed by atoms with Gasteiger partial charge in [-0.05, 0) is 54.6 Å². The van der Waals surface area contributed by atoms with E-state index in [9.17, 15) is 27.2 Å². The minimum absolute atomic E-state index is 0.243. The average Bonchev–Trinajstić information content (AvgIpc) is 2.85. The third kappa shape index (κ3) is 4.36. The van der Waals surface area contributed by atoms with E-state index in [-0.39, 0.29) is 11.6 Å². The van der Waals surface area contributed by atoms with Crippen molar-refractivity contribution < 1.29 is 22.4 Å². The molecule has 0 aliphatic carbocycles. The Balaban J connectivity index is 1.38. The molecule has 5 rings (SSSR count). The fourth-order valence-corrected chi connectivity index (χ4v) is 3.87. The smallest absolute Gasteiger partial charge is 0.355 e. The Labute approximate surface area is 200 Å². The number of amides is 1. The maximum absolute atomic E-state index is 14.1. The third-order valence-electron chi connectivity index (χ3n) is 5.59. The average molecular weight is 492 g/mol. The summed E-state index contributed by atoms with van der Waals surface area (Å²) in [5.41, 5.74) is 0.159. The Hall–Kier alpha value is -4.73. The molecule has 2 heterocycles. The lowest BCUT2D eigenvalue weighted by Crippen LogP contribution is -2.15. The number of halogens is 4. The standard InChI is InChI=1S/C26H16F4N4O2/c27-20-13-14(26(28,29)30)5-10-19(20)25(36)33-16-8-6-15(7-9-16)32-21-11-12-31-23-22(21)17-3-1-2-4-18(17)24(35)34-23/h1-13H,(H,33,36)(H2,31,32,34,35). The molecular formula is C26H16F4N4O2. The molecule has 0 atom stereocenters. The van der Waals surface area contributed by atoms with Crippen molar-refractivity contribution in [3.8, 4) is 0 Å². The van der Waals surface area contributed by atoms with Gasteiger partial charge in [0.05, 0.1) is 16.8 Å². The number of aromatic nitrogens is 2. The van der Waals surface area contributed by atoms with E-state index >= 15 is 0 Å². The number of fused-ring (bicyclic) bond motifs is 3. The first-order valence-corrected chi connectivity index (χ1v) is 10.7. The molecule has 36 heavy (non-hydrogen) atoms. The van der Waals surface area contributed by atoms with Gasteiger partial charge in [-0.3, -0.25) is 9.59 Å². The van der Waals surface area contributed by atoms with Gasteiger partial charge in [0.2, 0.25) is 0 Å². The minimum Gasteiger partial charge on any atom is -0.355 e. The van der Waals surface area contributed by atoms with Gasteiger partial charge in [0.1, 0.15) is 11.5 Å². The van der Waals surface area contributed by atoms with E-state index in [4.69, 9.17) is 0 Å². The predicted octanol–water partition coefficient (Wildman–Crippen LogP) is 6.23. The summed E-state index contributed by atoms with van der Waals surface area (Å²) in [5, 5.41) is 7.71. The monoisotopic (exact) mass is 492 g/mol. The van der Waals surface area contributed by atoms with E-state index in [0.717, 1.165) is 16.8 Å². The van der Waals surface area contributed by atoms with E-state index in [1.807, 2.05) is 12.1 Å². The second-order valence-corrected chi connectivity index (χ2v) is 7.93. The quantitative estimate of drug-likeness (QED) is 0.205. The Morgan fingerprint density at radius 2 is 1.58 bits per heavy atom. The van der Waals surface area contributed by atoms with Crippen LogP contribution in [0.4, 0.5) is 34.6 Å². The molecule has 5 aromatic rings. The van der Waals surface area contributed by atoms with Gasteiger partial charge in [0.15, 0.2) is 0 Å². The van der Waals surface area contributed by atoms with Gasteiger partial charge in [-0.15, -0.1) is 0 Å². The summed E-state index contributed by atoms with van der Waals surface area (Å²) in [5.74, 6) is -2.15.